The van der Waals surface area contributed by atoms with E-state index >= 15 is 0 Å². The molecule has 2 amide bonds. The molecule has 0 atom stereocenters. The molecule has 1 aromatic heterocycles. The molecule has 33 heavy (non-hydrogen) atoms. The van der Waals surface area contributed by atoms with Crippen molar-refractivity contribution in [2.24, 2.45) is 0 Å². The minimum absolute atomic E-state index is 0.0241. The van der Waals surface area contributed by atoms with E-state index in [4.69, 9.17) is 20.8 Å². The second kappa shape index (κ2) is 11.0. The molecule has 2 aromatic carbocycles. The van der Waals surface area contributed by atoms with Crippen LogP contribution in [-0.4, -0.2) is 36.0 Å². The number of hydrogen-bond donors (Lipinski definition) is 2. The molecule has 0 saturated heterocycles. The molecule has 0 aliphatic heterocycles. The Kier molecular flexibility index (Phi) is 7.62. The Morgan fingerprint density at radius 1 is 1.06 bits per heavy atom. The maximum Gasteiger partial charge on any atom is 0.258 e. The predicted molar refractivity (Wildman–Crippen MR) is 125 cm³/mol. The van der Waals surface area contributed by atoms with Crippen LogP contribution in [0.5, 0.6) is 5.75 Å². The third-order valence-corrected chi connectivity index (χ3v) is 5.56. The summed E-state index contributed by atoms with van der Waals surface area (Å²) in [4.78, 5) is 28.1. The molecule has 8 heteroatoms. The zero-order valence-corrected chi connectivity index (χ0v) is 18.9. The highest BCUT2D eigenvalue weighted by molar-refractivity contribution is 6.33. The number of nitrogens with one attached hydrogen (secondary N) is 2. The third kappa shape index (κ3) is 7.08. The van der Waals surface area contributed by atoms with Gasteiger partial charge in [0, 0.05) is 31.0 Å². The van der Waals surface area contributed by atoms with Gasteiger partial charge in [-0.25, -0.2) is 4.98 Å². The number of hydrogen-bond acceptors (Lipinski definition) is 5. The van der Waals surface area contributed by atoms with Crippen molar-refractivity contribution in [1.29, 1.82) is 0 Å². The molecule has 2 N–H and O–H groups in total. The summed E-state index contributed by atoms with van der Waals surface area (Å²) in [6.07, 6.45) is 5.14. The van der Waals surface area contributed by atoms with Gasteiger partial charge in [0.2, 0.25) is 5.91 Å². The van der Waals surface area contributed by atoms with Crippen LogP contribution in [0.2, 0.25) is 5.02 Å². The summed E-state index contributed by atoms with van der Waals surface area (Å²) in [6.45, 7) is 0.551. The van der Waals surface area contributed by atoms with E-state index in [-0.39, 0.29) is 24.8 Å². The van der Waals surface area contributed by atoms with Gasteiger partial charge in [0.1, 0.15) is 5.75 Å². The van der Waals surface area contributed by atoms with Gasteiger partial charge in [0.25, 0.3) is 5.91 Å². The van der Waals surface area contributed by atoms with Crippen LogP contribution in [0, 0.1) is 0 Å². The average Bonchev–Trinajstić information content (AvgIpc) is 3.50. The first-order valence-electron chi connectivity index (χ1n) is 11.0. The fourth-order valence-electron chi connectivity index (χ4n) is 3.26. The van der Waals surface area contributed by atoms with Crippen molar-refractivity contribution in [3.8, 4) is 17.1 Å². The van der Waals surface area contributed by atoms with Gasteiger partial charge in [0.05, 0.1) is 11.2 Å². The first-order chi connectivity index (χ1) is 16.1. The Morgan fingerprint density at radius 2 is 1.85 bits per heavy atom. The molecule has 172 valence electrons. The topological polar surface area (TPSA) is 93.5 Å². The number of aryl methyl sites for hydroxylation is 1. The van der Waals surface area contributed by atoms with Crippen LogP contribution in [0.3, 0.4) is 0 Å². The molecule has 0 unspecified atom stereocenters. The summed E-state index contributed by atoms with van der Waals surface area (Å²) in [5.41, 5.74) is 1.85. The maximum absolute atomic E-state index is 12.2. The minimum atomic E-state index is -0.0888. The van der Waals surface area contributed by atoms with E-state index in [2.05, 4.69) is 15.6 Å². The smallest absolute Gasteiger partial charge is 0.258 e. The molecule has 1 saturated carbocycles. The molecule has 4 rings (SSSR count). The first kappa shape index (κ1) is 22.9. The van der Waals surface area contributed by atoms with E-state index in [1.807, 2.05) is 42.5 Å². The van der Waals surface area contributed by atoms with E-state index in [1.165, 1.54) is 0 Å². The number of halogens is 1. The quantitative estimate of drug-likeness (QED) is 0.445. The van der Waals surface area contributed by atoms with E-state index < -0.39 is 0 Å². The number of carbonyl (C=O) groups is 2. The van der Waals surface area contributed by atoms with Gasteiger partial charge in [-0.2, -0.15) is 0 Å². The summed E-state index contributed by atoms with van der Waals surface area (Å²) in [5, 5.41) is 6.39. The highest BCUT2D eigenvalue weighted by Gasteiger charge is 2.23. The van der Waals surface area contributed by atoms with Crippen molar-refractivity contribution < 1.29 is 18.7 Å². The molecule has 7 nitrogen and oxygen atoms in total. The Hall–Kier alpha value is -3.32. The maximum atomic E-state index is 12.2. The van der Waals surface area contributed by atoms with Crippen LogP contribution < -0.4 is 15.4 Å². The number of oxazole rings is 1. The SMILES string of the molecule is O=C(CCc1ncc(-c2ccccc2Cl)o1)NCCc1ccc(OCC(=O)NC2CC2)cc1. The van der Waals surface area contributed by atoms with Crippen LogP contribution in [0.15, 0.2) is 59.1 Å². The van der Waals surface area contributed by atoms with Crippen LogP contribution in [0.25, 0.3) is 11.3 Å². The third-order valence-electron chi connectivity index (χ3n) is 5.23. The molecule has 1 fully saturated rings. The van der Waals surface area contributed by atoms with Gasteiger partial charge in [-0.1, -0.05) is 35.9 Å². The number of aromatic nitrogens is 1. The molecule has 1 aliphatic rings. The summed E-state index contributed by atoms with van der Waals surface area (Å²) in [5.74, 6) is 1.59. The fraction of sp³-hybridized carbons (Fsp3) is 0.320. The van der Waals surface area contributed by atoms with E-state index in [9.17, 15) is 9.59 Å². The van der Waals surface area contributed by atoms with Gasteiger partial charge in [-0.3, -0.25) is 9.59 Å². The fourth-order valence-corrected chi connectivity index (χ4v) is 3.49. The lowest BCUT2D eigenvalue weighted by Gasteiger charge is -2.08. The number of rotatable bonds is 11. The standard InChI is InChI=1S/C25H26ClN3O4/c26-21-4-2-1-3-20(21)22-15-28-25(33-22)12-11-23(30)27-14-13-17-5-9-19(10-6-17)32-16-24(31)29-18-7-8-18/h1-6,9-10,15,18H,7-8,11-14,16H2,(H,27,30)(H,29,31). The van der Waals surface area contributed by atoms with Crippen LogP contribution in [0.1, 0.15) is 30.7 Å². The van der Waals surface area contributed by atoms with Crippen molar-refractivity contribution in [2.75, 3.05) is 13.2 Å². The molecule has 1 aliphatic carbocycles. The van der Waals surface area contributed by atoms with Crippen LogP contribution in [0.4, 0.5) is 0 Å². The Bertz CT molecular complexity index is 1090. The lowest BCUT2D eigenvalue weighted by Crippen LogP contribution is -2.30. The molecular weight excluding hydrogens is 442 g/mol. The Labute approximate surface area is 197 Å². The van der Waals surface area contributed by atoms with Gasteiger partial charge >= 0.3 is 0 Å². The lowest BCUT2D eigenvalue weighted by molar-refractivity contribution is -0.123. The van der Waals surface area contributed by atoms with Gasteiger partial charge in [0.15, 0.2) is 18.3 Å². The summed E-state index contributed by atoms with van der Waals surface area (Å²) in [7, 11) is 0. The van der Waals surface area contributed by atoms with Crippen molar-refractivity contribution in [3.05, 3.63) is 71.2 Å². The molecule has 0 bridgehead atoms. The van der Waals surface area contributed by atoms with Gasteiger partial charge in [-0.05, 0) is 49.1 Å². The number of nitrogens with zero attached hydrogens (tertiary/aromatic N) is 1. The van der Waals surface area contributed by atoms with E-state index in [0.29, 0.717) is 47.9 Å². The molecule has 1 heterocycles. The Morgan fingerprint density at radius 3 is 2.61 bits per heavy atom. The monoisotopic (exact) mass is 467 g/mol. The summed E-state index contributed by atoms with van der Waals surface area (Å²) >= 11 is 6.18. The van der Waals surface area contributed by atoms with E-state index in [1.54, 1.807) is 12.3 Å². The predicted octanol–water partition coefficient (Wildman–Crippen LogP) is 3.94. The zero-order chi connectivity index (χ0) is 23.0. The summed E-state index contributed by atoms with van der Waals surface area (Å²) in [6, 6.07) is 15.3. The van der Waals surface area contributed by atoms with Crippen LogP contribution >= 0.6 is 11.6 Å². The average molecular weight is 468 g/mol. The van der Waals surface area contributed by atoms with Crippen molar-refractivity contribution in [1.82, 2.24) is 15.6 Å². The number of ether oxygens (including phenoxy) is 1. The largest absolute Gasteiger partial charge is 0.484 e. The highest BCUT2D eigenvalue weighted by atomic mass is 35.5. The first-order valence-corrected chi connectivity index (χ1v) is 11.4. The van der Waals surface area contributed by atoms with Gasteiger partial charge in [-0.15, -0.1) is 0 Å². The number of benzene rings is 2. The van der Waals surface area contributed by atoms with Gasteiger partial charge < -0.3 is 19.8 Å². The minimum Gasteiger partial charge on any atom is -0.484 e. The van der Waals surface area contributed by atoms with Crippen molar-refractivity contribution >= 4 is 23.4 Å². The normalized spacial score (nSPS) is 12.9. The van der Waals surface area contributed by atoms with Crippen molar-refractivity contribution in [2.45, 2.75) is 38.1 Å². The lowest BCUT2D eigenvalue weighted by atomic mass is 10.1. The second-order valence-electron chi connectivity index (χ2n) is 7.97. The van der Waals surface area contributed by atoms with Crippen molar-refractivity contribution in [3.63, 3.8) is 0 Å². The number of carbonyl (C=O) groups excluding carboxylic acids is 2. The molecular formula is C25H26ClN3O4. The molecule has 0 radical (unpaired) electrons. The number of amides is 2. The summed E-state index contributed by atoms with van der Waals surface area (Å²) < 4.78 is 11.2. The zero-order valence-electron chi connectivity index (χ0n) is 18.2. The Balaban J connectivity index is 1.14. The molecule has 0 spiro atoms. The molecule has 3 aromatic rings. The second-order valence-corrected chi connectivity index (χ2v) is 8.38. The van der Waals surface area contributed by atoms with E-state index in [0.717, 1.165) is 24.0 Å². The highest BCUT2D eigenvalue weighted by Crippen LogP contribution is 2.28. The van der Waals surface area contributed by atoms with Crippen LogP contribution in [-0.2, 0) is 22.4 Å².